The van der Waals surface area contributed by atoms with Crippen LogP contribution in [0.1, 0.15) is 45.1 Å². The topological polar surface area (TPSA) is 79.8 Å². The average molecular weight is 401 g/mol. The first-order valence-electron chi connectivity index (χ1n) is 10.2. The number of rotatable bonds is 7. The molecule has 150 valence electrons. The van der Waals surface area contributed by atoms with Crippen LogP contribution in [0.2, 0.25) is 0 Å². The maximum absolute atomic E-state index is 12.7. The monoisotopic (exact) mass is 400 g/mol. The zero-order chi connectivity index (χ0) is 19.7. The van der Waals surface area contributed by atoms with Crippen molar-refractivity contribution in [1.82, 2.24) is 20.1 Å². The Kier molecular flexibility index (Phi) is 5.62. The van der Waals surface area contributed by atoms with Crippen LogP contribution in [0.15, 0.2) is 40.3 Å². The predicted octanol–water partition coefficient (Wildman–Crippen LogP) is 3.04. The fraction of sp³-hybridized carbons (Fsp3) is 0.571. The SMILES string of the molecule is CC(Sc1n[nH]c(=O)n1Cc1ccccc1)C(=O)NC(C)C1CC2CCC1C2. The molecule has 0 spiro atoms. The summed E-state index contributed by atoms with van der Waals surface area (Å²) in [5.41, 5.74) is 0.768. The van der Waals surface area contributed by atoms with Gasteiger partial charge in [-0.25, -0.2) is 9.89 Å². The number of thioether (sulfide) groups is 1. The summed E-state index contributed by atoms with van der Waals surface area (Å²) in [6, 6.07) is 9.99. The lowest BCUT2D eigenvalue weighted by Crippen LogP contribution is -2.43. The molecule has 6 nitrogen and oxygen atoms in total. The zero-order valence-electron chi connectivity index (χ0n) is 16.4. The van der Waals surface area contributed by atoms with Gasteiger partial charge in [-0.15, -0.1) is 5.10 Å². The summed E-state index contributed by atoms with van der Waals surface area (Å²) in [5, 5.41) is 10.1. The number of nitrogens with one attached hydrogen (secondary N) is 2. The van der Waals surface area contributed by atoms with Gasteiger partial charge in [0, 0.05) is 6.04 Å². The van der Waals surface area contributed by atoms with Crippen LogP contribution in [-0.4, -0.2) is 32.0 Å². The van der Waals surface area contributed by atoms with Crippen molar-refractivity contribution < 1.29 is 4.79 Å². The van der Waals surface area contributed by atoms with Gasteiger partial charge in [-0.1, -0.05) is 48.5 Å². The summed E-state index contributed by atoms with van der Waals surface area (Å²) in [6.45, 7) is 4.45. The first-order chi connectivity index (χ1) is 13.5. The molecule has 28 heavy (non-hydrogen) atoms. The van der Waals surface area contributed by atoms with Crippen molar-refractivity contribution in [1.29, 1.82) is 0 Å². The molecule has 0 saturated heterocycles. The number of fused-ring (bicyclic) bond motifs is 2. The van der Waals surface area contributed by atoms with Crippen LogP contribution in [0.3, 0.4) is 0 Å². The minimum atomic E-state index is -0.314. The van der Waals surface area contributed by atoms with Crippen LogP contribution in [0.25, 0.3) is 0 Å². The third kappa shape index (κ3) is 4.04. The maximum Gasteiger partial charge on any atom is 0.344 e. The Balaban J connectivity index is 1.37. The molecule has 2 aliphatic carbocycles. The van der Waals surface area contributed by atoms with Crippen molar-refractivity contribution in [2.24, 2.45) is 17.8 Å². The molecule has 1 aromatic heterocycles. The van der Waals surface area contributed by atoms with E-state index >= 15 is 0 Å². The Bertz CT molecular complexity index is 878. The van der Waals surface area contributed by atoms with E-state index in [-0.39, 0.29) is 22.9 Å². The molecule has 1 amide bonds. The summed E-state index contributed by atoms with van der Waals surface area (Å²) < 4.78 is 1.59. The van der Waals surface area contributed by atoms with Gasteiger partial charge in [0.05, 0.1) is 11.8 Å². The van der Waals surface area contributed by atoms with Crippen molar-refractivity contribution in [3.63, 3.8) is 0 Å². The smallest absolute Gasteiger partial charge is 0.344 e. The quantitative estimate of drug-likeness (QED) is 0.700. The lowest BCUT2D eigenvalue weighted by molar-refractivity contribution is -0.121. The van der Waals surface area contributed by atoms with Gasteiger partial charge >= 0.3 is 5.69 Å². The normalized spacial score (nSPS) is 25.6. The minimum Gasteiger partial charge on any atom is -0.352 e. The van der Waals surface area contributed by atoms with Crippen LogP contribution in [-0.2, 0) is 11.3 Å². The van der Waals surface area contributed by atoms with Crippen LogP contribution in [0, 0.1) is 17.8 Å². The highest BCUT2D eigenvalue weighted by molar-refractivity contribution is 8.00. The molecule has 2 saturated carbocycles. The predicted molar refractivity (Wildman–Crippen MR) is 110 cm³/mol. The number of carbonyl (C=O) groups excluding carboxylic acids is 1. The van der Waals surface area contributed by atoms with E-state index in [0.29, 0.717) is 17.6 Å². The van der Waals surface area contributed by atoms with E-state index < -0.39 is 0 Å². The Labute approximate surface area is 169 Å². The largest absolute Gasteiger partial charge is 0.352 e. The molecule has 5 atom stereocenters. The molecule has 1 heterocycles. The van der Waals surface area contributed by atoms with E-state index in [1.54, 1.807) is 4.57 Å². The fourth-order valence-corrected chi connectivity index (χ4v) is 5.73. The molecule has 4 rings (SSSR count). The van der Waals surface area contributed by atoms with Crippen molar-refractivity contribution in [3.8, 4) is 0 Å². The van der Waals surface area contributed by atoms with Gasteiger partial charge in [0.25, 0.3) is 0 Å². The molecule has 7 heteroatoms. The number of H-pyrrole nitrogens is 1. The first-order valence-corrected chi connectivity index (χ1v) is 11.1. The number of hydrogen-bond donors (Lipinski definition) is 2. The molecular formula is C21H28N4O2S. The second-order valence-corrected chi connectivity index (χ2v) is 9.59. The Morgan fingerprint density at radius 2 is 2.07 bits per heavy atom. The summed E-state index contributed by atoms with van der Waals surface area (Å²) >= 11 is 1.33. The highest BCUT2D eigenvalue weighted by atomic mass is 32.2. The Hall–Kier alpha value is -2.02. The van der Waals surface area contributed by atoms with Crippen LogP contribution >= 0.6 is 11.8 Å². The lowest BCUT2D eigenvalue weighted by Gasteiger charge is -2.29. The Morgan fingerprint density at radius 3 is 2.75 bits per heavy atom. The molecule has 1 aromatic carbocycles. The lowest BCUT2D eigenvalue weighted by atomic mass is 9.84. The highest BCUT2D eigenvalue weighted by Gasteiger charge is 2.42. The summed E-state index contributed by atoms with van der Waals surface area (Å²) in [7, 11) is 0. The molecule has 0 radical (unpaired) electrons. The summed E-state index contributed by atoms with van der Waals surface area (Å²) in [4.78, 5) is 24.9. The van der Waals surface area contributed by atoms with E-state index in [0.717, 1.165) is 17.4 Å². The van der Waals surface area contributed by atoms with Gasteiger partial charge in [0.1, 0.15) is 0 Å². The van der Waals surface area contributed by atoms with Gasteiger partial charge in [-0.2, -0.15) is 0 Å². The number of hydrogen-bond acceptors (Lipinski definition) is 4. The van der Waals surface area contributed by atoms with E-state index in [9.17, 15) is 9.59 Å². The number of benzene rings is 1. The van der Waals surface area contributed by atoms with Gasteiger partial charge in [0.2, 0.25) is 5.91 Å². The minimum absolute atomic E-state index is 0.0157. The van der Waals surface area contributed by atoms with Crippen molar-refractivity contribution >= 4 is 17.7 Å². The van der Waals surface area contributed by atoms with Crippen LogP contribution in [0.5, 0.6) is 0 Å². The van der Waals surface area contributed by atoms with Gasteiger partial charge < -0.3 is 5.32 Å². The van der Waals surface area contributed by atoms with Crippen LogP contribution in [0.4, 0.5) is 0 Å². The third-order valence-corrected chi connectivity index (χ3v) is 7.45. The van der Waals surface area contributed by atoms with E-state index in [1.807, 2.05) is 37.3 Å². The molecule has 2 fully saturated rings. The highest BCUT2D eigenvalue weighted by Crippen LogP contribution is 2.49. The summed E-state index contributed by atoms with van der Waals surface area (Å²) in [6.07, 6.45) is 5.28. The molecule has 2 aromatic rings. The molecular weight excluding hydrogens is 372 g/mol. The second kappa shape index (κ2) is 8.15. The molecule has 5 unspecified atom stereocenters. The van der Waals surface area contributed by atoms with Gasteiger partial charge in [-0.3, -0.25) is 9.36 Å². The fourth-order valence-electron chi connectivity index (χ4n) is 4.87. The molecule has 2 aliphatic rings. The van der Waals surface area contributed by atoms with Crippen molar-refractivity contribution in [2.45, 2.75) is 62.5 Å². The number of nitrogens with zero attached hydrogens (tertiary/aromatic N) is 2. The second-order valence-electron chi connectivity index (χ2n) is 8.28. The molecule has 2 bridgehead atoms. The third-order valence-electron chi connectivity index (χ3n) is 6.36. The van der Waals surface area contributed by atoms with E-state index in [4.69, 9.17) is 0 Å². The molecule has 0 aliphatic heterocycles. The number of carbonyl (C=O) groups is 1. The first kappa shape index (κ1) is 19.3. The van der Waals surface area contributed by atoms with Gasteiger partial charge in [-0.05, 0) is 56.4 Å². The standard InChI is InChI=1S/C21H28N4O2S/c1-13(18-11-16-8-9-17(18)10-16)22-19(26)14(2)28-21-24-23-20(27)25(21)12-15-6-4-3-5-7-15/h3-7,13-14,16-18H,8-12H2,1-2H3,(H,22,26)(H,23,27). The van der Waals surface area contributed by atoms with Gasteiger partial charge in [0.15, 0.2) is 5.16 Å². The van der Waals surface area contributed by atoms with E-state index in [2.05, 4.69) is 22.4 Å². The number of amides is 1. The molecule has 2 N–H and O–H groups in total. The van der Waals surface area contributed by atoms with Crippen molar-refractivity contribution in [2.75, 3.05) is 0 Å². The zero-order valence-corrected chi connectivity index (χ0v) is 17.2. The average Bonchev–Trinajstić information content (AvgIpc) is 3.41. The summed E-state index contributed by atoms with van der Waals surface area (Å²) in [5.74, 6) is 2.28. The Morgan fingerprint density at radius 1 is 1.29 bits per heavy atom. The van der Waals surface area contributed by atoms with E-state index in [1.165, 1.54) is 37.4 Å². The maximum atomic E-state index is 12.7. The van der Waals surface area contributed by atoms with Crippen molar-refractivity contribution in [3.05, 3.63) is 46.4 Å². The van der Waals surface area contributed by atoms with Crippen LogP contribution < -0.4 is 11.0 Å². The number of aromatic nitrogens is 3. The number of aromatic amines is 1.